The second-order valence-corrected chi connectivity index (χ2v) is 7.42. The van der Waals surface area contributed by atoms with E-state index in [9.17, 15) is 4.79 Å². The quantitative estimate of drug-likeness (QED) is 0.703. The van der Waals surface area contributed by atoms with Crippen molar-refractivity contribution in [2.45, 2.75) is 20.4 Å². The first-order valence-electron chi connectivity index (χ1n) is 7.37. The lowest BCUT2D eigenvalue weighted by molar-refractivity contribution is -0.123. The highest BCUT2D eigenvalue weighted by Crippen LogP contribution is 2.27. The fourth-order valence-corrected chi connectivity index (χ4v) is 3.86. The van der Waals surface area contributed by atoms with Gasteiger partial charge in [0.15, 0.2) is 12.3 Å². The van der Waals surface area contributed by atoms with Gasteiger partial charge in [0.2, 0.25) is 5.88 Å². The van der Waals surface area contributed by atoms with Gasteiger partial charge < -0.3 is 10.1 Å². The number of hydrogen-bond acceptors (Lipinski definition) is 5. The van der Waals surface area contributed by atoms with Gasteiger partial charge in [-0.05, 0) is 47.5 Å². The molecule has 1 N–H and O–H groups in total. The van der Waals surface area contributed by atoms with Crippen molar-refractivity contribution in [3.63, 3.8) is 0 Å². The van der Waals surface area contributed by atoms with Crippen LogP contribution < -0.4 is 10.1 Å². The molecule has 0 aromatic carbocycles. The summed E-state index contributed by atoms with van der Waals surface area (Å²) < 4.78 is 8.32. The van der Waals surface area contributed by atoms with Crippen LogP contribution in [0, 0.1) is 13.8 Å². The number of carbonyl (C=O) groups excluding carboxylic acids is 1. The monoisotopic (exact) mass is 408 g/mol. The van der Waals surface area contributed by atoms with Gasteiger partial charge in [-0.25, -0.2) is 9.67 Å². The molecule has 0 saturated heterocycles. The molecule has 24 heavy (non-hydrogen) atoms. The van der Waals surface area contributed by atoms with Crippen LogP contribution in [0.15, 0.2) is 22.0 Å². The summed E-state index contributed by atoms with van der Waals surface area (Å²) in [5.74, 6) is 0.252. The molecule has 3 heterocycles. The number of thiophene rings is 1. The van der Waals surface area contributed by atoms with E-state index in [2.05, 4.69) is 31.3 Å². The molecule has 1 amide bonds. The van der Waals surface area contributed by atoms with Crippen molar-refractivity contribution in [2.24, 2.45) is 7.05 Å². The fourth-order valence-electron chi connectivity index (χ4n) is 2.47. The zero-order valence-electron chi connectivity index (χ0n) is 13.6. The summed E-state index contributed by atoms with van der Waals surface area (Å²) in [4.78, 5) is 17.5. The van der Waals surface area contributed by atoms with Gasteiger partial charge in [-0.1, -0.05) is 0 Å². The van der Waals surface area contributed by atoms with E-state index in [0.29, 0.717) is 12.4 Å². The second kappa shape index (κ2) is 6.90. The molecule has 0 aliphatic heterocycles. The van der Waals surface area contributed by atoms with E-state index in [-0.39, 0.29) is 12.5 Å². The first-order chi connectivity index (χ1) is 11.4. The summed E-state index contributed by atoms with van der Waals surface area (Å²) in [6.07, 6.45) is 0. The predicted molar refractivity (Wildman–Crippen MR) is 97.3 cm³/mol. The van der Waals surface area contributed by atoms with Crippen LogP contribution in [-0.4, -0.2) is 27.3 Å². The van der Waals surface area contributed by atoms with Gasteiger partial charge in [0, 0.05) is 27.5 Å². The van der Waals surface area contributed by atoms with Crippen molar-refractivity contribution in [2.75, 3.05) is 6.61 Å². The van der Waals surface area contributed by atoms with E-state index in [1.807, 2.05) is 38.4 Å². The van der Waals surface area contributed by atoms with Gasteiger partial charge in [0.05, 0.1) is 11.9 Å². The van der Waals surface area contributed by atoms with E-state index in [0.717, 1.165) is 31.6 Å². The number of halogens is 1. The number of carbonyl (C=O) groups is 1. The molecule has 126 valence electrons. The van der Waals surface area contributed by atoms with E-state index < -0.39 is 0 Å². The molecule has 0 radical (unpaired) electrons. The average molecular weight is 409 g/mol. The number of pyridine rings is 1. The van der Waals surface area contributed by atoms with Crippen LogP contribution >= 0.6 is 27.3 Å². The molecule has 0 bridgehead atoms. The van der Waals surface area contributed by atoms with Crippen LogP contribution in [0.4, 0.5) is 0 Å². The highest BCUT2D eigenvalue weighted by atomic mass is 79.9. The number of amides is 1. The number of hydrogen-bond donors (Lipinski definition) is 1. The lowest BCUT2D eigenvalue weighted by Crippen LogP contribution is -2.28. The van der Waals surface area contributed by atoms with Crippen LogP contribution in [0.25, 0.3) is 11.0 Å². The number of fused-ring (bicyclic) bond motifs is 1. The minimum absolute atomic E-state index is 0.0774. The minimum atomic E-state index is -0.184. The van der Waals surface area contributed by atoms with E-state index in [1.165, 1.54) is 0 Å². The van der Waals surface area contributed by atoms with Crippen LogP contribution in [-0.2, 0) is 18.4 Å². The number of aromatic nitrogens is 3. The smallest absolute Gasteiger partial charge is 0.258 e. The van der Waals surface area contributed by atoms with Crippen molar-refractivity contribution >= 4 is 44.2 Å². The highest BCUT2D eigenvalue weighted by Gasteiger charge is 2.15. The molecule has 0 spiro atoms. The van der Waals surface area contributed by atoms with Crippen molar-refractivity contribution in [1.29, 1.82) is 0 Å². The normalized spacial score (nSPS) is 11.0. The third kappa shape index (κ3) is 3.59. The van der Waals surface area contributed by atoms with Crippen LogP contribution in [0.3, 0.4) is 0 Å². The van der Waals surface area contributed by atoms with Crippen molar-refractivity contribution in [1.82, 2.24) is 20.1 Å². The zero-order chi connectivity index (χ0) is 17.3. The van der Waals surface area contributed by atoms with Gasteiger partial charge in [0.1, 0.15) is 0 Å². The third-order valence-electron chi connectivity index (χ3n) is 3.51. The number of rotatable bonds is 5. The topological polar surface area (TPSA) is 69.0 Å². The molecule has 3 aromatic heterocycles. The Hall–Kier alpha value is -1.93. The van der Waals surface area contributed by atoms with Gasteiger partial charge in [-0.3, -0.25) is 4.79 Å². The molecular formula is C16H17BrN4O2S. The molecule has 3 rings (SSSR count). The Kier molecular flexibility index (Phi) is 4.86. The fraction of sp³-hybridized carbons (Fsp3) is 0.312. The Labute approximate surface area is 152 Å². The lowest BCUT2D eigenvalue weighted by Gasteiger charge is -2.05. The highest BCUT2D eigenvalue weighted by molar-refractivity contribution is 9.10. The van der Waals surface area contributed by atoms with Crippen LogP contribution in [0.2, 0.25) is 0 Å². The summed E-state index contributed by atoms with van der Waals surface area (Å²) in [5.41, 5.74) is 2.71. The zero-order valence-corrected chi connectivity index (χ0v) is 16.0. The van der Waals surface area contributed by atoms with Gasteiger partial charge >= 0.3 is 0 Å². The average Bonchev–Trinajstić information content (AvgIpc) is 3.07. The van der Waals surface area contributed by atoms with Gasteiger partial charge in [-0.15, -0.1) is 16.4 Å². The Balaban J connectivity index is 1.66. The number of nitrogens with zero attached hydrogens (tertiary/aromatic N) is 3. The number of nitrogens with one attached hydrogen (secondary N) is 1. The summed E-state index contributed by atoms with van der Waals surface area (Å²) >= 11 is 4.98. The number of aryl methyl sites for hydroxylation is 3. The second-order valence-electron chi connectivity index (χ2n) is 5.50. The van der Waals surface area contributed by atoms with Crippen molar-refractivity contribution < 1.29 is 9.53 Å². The minimum Gasteiger partial charge on any atom is -0.466 e. The van der Waals surface area contributed by atoms with E-state index in [1.54, 1.807) is 16.0 Å². The molecule has 0 aliphatic rings. The maximum Gasteiger partial charge on any atom is 0.258 e. The van der Waals surface area contributed by atoms with Crippen molar-refractivity contribution in [3.05, 3.63) is 38.1 Å². The Morgan fingerprint density at radius 2 is 2.21 bits per heavy atom. The van der Waals surface area contributed by atoms with E-state index >= 15 is 0 Å². The summed E-state index contributed by atoms with van der Waals surface area (Å²) in [6.45, 7) is 4.34. The summed E-state index contributed by atoms with van der Waals surface area (Å²) in [5, 5.41) is 10.00. The maximum absolute atomic E-state index is 12.0. The SMILES string of the molecule is Cc1cc(C)c2c(OCC(=O)NCc3cc(Br)cs3)nn(C)c2n1. The Morgan fingerprint density at radius 1 is 1.42 bits per heavy atom. The van der Waals surface area contributed by atoms with Gasteiger partial charge in [-0.2, -0.15) is 0 Å². The van der Waals surface area contributed by atoms with E-state index in [4.69, 9.17) is 4.74 Å². The lowest BCUT2D eigenvalue weighted by atomic mass is 10.2. The van der Waals surface area contributed by atoms with Crippen molar-refractivity contribution in [3.8, 4) is 5.88 Å². The third-order valence-corrected chi connectivity index (χ3v) is 5.21. The molecule has 3 aromatic rings. The summed E-state index contributed by atoms with van der Waals surface area (Å²) in [6, 6.07) is 3.96. The van der Waals surface area contributed by atoms with Crippen LogP contribution in [0.5, 0.6) is 5.88 Å². The molecule has 6 nitrogen and oxygen atoms in total. The molecule has 8 heteroatoms. The Bertz CT molecular complexity index is 903. The molecule has 0 atom stereocenters. The number of ether oxygens (including phenoxy) is 1. The largest absolute Gasteiger partial charge is 0.466 e. The molecule has 0 saturated carbocycles. The first kappa shape index (κ1) is 16.9. The molecule has 0 aliphatic carbocycles. The standard InChI is InChI=1S/C16H17BrN4O2S/c1-9-4-10(2)19-15-14(9)16(20-21(15)3)23-7-13(22)18-6-12-5-11(17)8-24-12/h4-5,8H,6-7H2,1-3H3,(H,18,22). The van der Waals surface area contributed by atoms with Gasteiger partial charge in [0.25, 0.3) is 5.91 Å². The molecule has 0 fully saturated rings. The Morgan fingerprint density at radius 3 is 2.92 bits per heavy atom. The van der Waals surface area contributed by atoms with Crippen LogP contribution in [0.1, 0.15) is 16.1 Å². The predicted octanol–water partition coefficient (Wildman–Crippen LogP) is 3.10. The molecule has 0 unspecified atom stereocenters. The first-order valence-corrected chi connectivity index (χ1v) is 9.04. The summed E-state index contributed by atoms with van der Waals surface area (Å²) in [7, 11) is 1.82. The molecular weight excluding hydrogens is 392 g/mol. The maximum atomic E-state index is 12.0.